The van der Waals surface area contributed by atoms with Crippen molar-refractivity contribution in [1.82, 2.24) is 0 Å². The minimum absolute atomic E-state index is 0.0833. The zero-order valence-electron chi connectivity index (χ0n) is 5.54. The summed E-state index contributed by atoms with van der Waals surface area (Å²) in [7, 11) is 1.00. The normalized spacial score (nSPS) is 24.4. The van der Waals surface area contributed by atoms with Crippen LogP contribution in [-0.4, -0.2) is 31.2 Å². The van der Waals surface area contributed by atoms with Crippen molar-refractivity contribution in [3.63, 3.8) is 0 Å². The maximum Gasteiger partial charge on any atom is 0.148 e. The van der Waals surface area contributed by atoms with Gasteiger partial charge in [-0.25, -0.2) is 0 Å². The summed E-state index contributed by atoms with van der Waals surface area (Å²) >= 11 is 0. The summed E-state index contributed by atoms with van der Waals surface area (Å²) in [5.74, 6) is 0. The van der Waals surface area contributed by atoms with Crippen LogP contribution in [-0.2, 0) is 9.53 Å². The fraction of sp³-hybridized carbons (Fsp3) is 0.833. The molecule has 3 nitrogen and oxygen atoms in total. The second-order valence-corrected chi connectivity index (χ2v) is 1.69. The van der Waals surface area contributed by atoms with Gasteiger partial charge in [0.2, 0.25) is 0 Å². The summed E-state index contributed by atoms with van der Waals surface area (Å²) in [5, 5.41) is 7.00. The third kappa shape index (κ3) is 3.21. The number of hydrogen-bond acceptors (Lipinski definition) is 3. The van der Waals surface area contributed by atoms with Gasteiger partial charge < -0.3 is 14.6 Å². The Balaban J connectivity index is 0.000000291. The van der Waals surface area contributed by atoms with Gasteiger partial charge in [0.15, 0.2) is 0 Å². The molecule has 0 radical (unpaired) electrons. The van der Waals surface area contributed by atoms with Crippen molar-refractivity contribution in [1.29, 1.82) is 0 Å². The number of ether oxygens (including phenoxy) is 1. The number of carbonyl (C=O) groups excluding carboxylic acids is 1. The van der Waals surface area contributed by atoms with Crippen LogP contribution in [0.1, 0.15) is 12.8 Å². The molecule has 0 saturated carbocycles. The molecule has 1 N–H and O–H groups in total. The van der Waals surface area contributed by atoms with Crippen LogP contribution in [0, 0.1) is 0 Å². The number of aldehydes is 1. The molecular weight excluding hydrogens is 120 g/mol. The lowest BCUT2D eigenvalue weighted by Crippen LogP contribution is -2.04. The van der Waals surface area contributed by atoms with Crippen LogP contribution >= 0.6 is 0 Å². The van der Waals surface area contributed by atoms with Crippen molar-refractivity contribution in [3.05, 3.63) is 0 Å². The molecule has 0 spiro atoms. The molecule has 0 aromatic carbocycles. The fourth-order valence-electron chi connectivity index (χ4n) is 0.710. The molecule has 1 fully saturated rings. The van der Waals surface area contributed by atoms with Crippen LogP contribution in [0.5, 0.6) is 0 Å². The molecule has 0 aromatic rings. The van der Waals surface area contributed by atoms with Gasteiger partial charge in [0.25, 0.3) is 0 Å². The predicted molar refractivity (Wildman–Crippen MR) is 33.2 cm³/mol. The van der Waals surface area contributed by atoms with Gasteiger partial charge in [-0.3, -0.25) is 0 Å². The first kappa shape index (κ1) is 8.59. The largest absolute Gasteiger partial charge is 0.400 e. The van der Waals surface area contributed by atoms with E-state index in [9.17, 15) is 4.79 Å². The topological polar surface area (TPSA) is 46.5 Å². The Bertz CT molecular complexity index is 66.7. The first-order chi connectivity index (χ1) is 4.43. The van der Waals surface area contributed by atoms with Crippen LogP contribution in [0.25, 0.3) is 0 Å². The van der Waals surface area contributed by atoms with Gasteiger partial charge in [-0.05, 0) is 12.8 Å². The summed E-state index contributed by atoms with van der Waals surface area (Å²) in [4.78, 5) is 9.88. The molecule has 1 rings (SSSR count). The van der Waals surface area contributed by atoms with Crippen molar-refractivity contribution >= 4 is 6.29 Å². The second kappa shape index (κ2) is 5.72. The Morgan fingerprint density at radius 2 is 2.33 bits per heavy atom. The number of rotatable bonds is 1. The highest BCUT2D eigenvalue weighted by atomic mass is 16.5. The van der Waals surface area contributed by atoms with Crippen molar-refractivity contribution in [2.75, 3.05) is 13.7 Å². The van der Waals surface area contributed by atoms with E-state index in [1.54, 1.807) is 0 Å². The molecule has 3 heteroatoms. The molecule has 1 atom stereocenters. The highest BCUT2D eigenvalue weighted by molar-refractivity contribution is 5.56. The number of aliphatic hydroxyl groups excluding tert-OH is 1. The van der Waals surface area contributed by atoms with E-state index in [0.717, 1.165) is 32.8 Å². The van der Waals surface area contributed by atoms with Gasteiger partial charge in [0.1, 0.15) is 12.4 Å². The summed E-state index contributed by atoms with van der Waals surface area (Å²) in [6.45, 7) is 0.767. The molecule has 1 heterocycles. The van der Waals surface area contributed by atoms with Crippen LogP contribution in [0.3, 0.4) is 0 Å². The molecule has 1 aliphatic rings. The Hall–Kier alpha value is -0.410. The molecule has 0 aliphatic carbocycles. The third-order valence-electron chi connectivity index (χ3n) is 1.12. The Kier molecular flexibility index (Phi) is 5.46. The van der Waals surface area contributed by atoms with Gasteiger partial charge in [0, 0.05) is 13.7 Å². The second-order valence-electron chi connectivity index (χ2n) is 1.69. The minimum Gasteiger partial charge on any atom is -0.400 e. The summed E-state index contributed by atoms with van der Waals surface area (Å²) in [6, 6.07) is 0. The fourth-order valence-corrected chi connectivity index (χ4v) is 0.710. The molecule has 1 saturated heterocycles. The zero-order valence-corrected chi connectivity index (χ0v) is 5.54. The number of hydrogen-bond donors (Lipinski definition) is 1. The van der Waals surface area contributed by atoms with E-state index in [1.807, 2.05) is 0 Å². The van der Waals surface area contributed by atoms with Crippen molar-refractivity contribution in [2.24, 2.45) is 0 Å². The van der Waals surface area contributed by atoms with Gasteiger partial charge in [-0.15, -0.1) is 0 Å². The molecule has 0 bridgehead atoms. The monoisotopic (exact) mass is 132 g/mol. The summed E-state index contributed by atoms with van der Waals surface area (Å²) < 4.78 is 4.93. The number of carbonyl (C=O) groups is 1. The summed E-state index contributed by atoms with van der Waals surface area (Å²) in [5.41, 5.74) is 0. The van der Waals surface area contributed by atoms with Crippen LogP contribution < -0.4 is 0 Å². The molecule has 54 valence electrons. The molecule has 9 heavy (non-hydrogen) atoms. The van der Waals surface area contributed by atoms with E-state index in [-0.39, 0.29) is 6.10 Å². The quantitative estimate of drug-likeness (QED) is 0.510. The molecule has 0 aromatic heterocycles. The van der Waals surface area contributed by atoms with E-state index in [4.69, 9.17) is 9.84 Å². The van der Waals surface area contributed by atoms with Gasteiger partial charge >= 0.3 is 0 Å². The third-order valence-corrected chi connectivity index (χ3v) is 1.12. The first-order valence-electron chi connectivity index (χ1n) is 2.95. The Labute approximate surface area is 54.6 Å². The van der Waals surface area contributed by atoms with Gasteiger partial charge in [-0.2, -0.15) is 0 Å². The maximum absolute atomic E-state index is 9.88. The van der Waals surface area contributed by atoms with Crippen molar-refractivity contribution in [2.45, 2.75) is 18.9 Å². The lowest BCUT2D eigenvalue weighted by Gasteiger charge is -1.93. The average Bonchev–Trinajstić information content (AvgIpc) is 2.43. The lowest BCUT2D eigenvalue weighted by molar-refractivity contribution is -0.115. The number of aliphatic hydroxyl groups is 1. The van der Waals surface area contributed by atoms with Crippen molar-refractivity contribution in [3.8, 4) is 0 Å². The predicted octanol–water partition coefficient (Wildman–Crippen LogP) is -0.0272. The van der Waals surface area contributed by atoms with E-state index >= 15 is 0 Å². The highest BCUT2D eigenvalue weighted by Crippen LogP contribution is 2.08. The Morgan fingerprint density at radius 3 is 2.56 bits per heavy atom. The first-order valence-corrected chi connectivity index (χ1v) is 2.95. The molecular formula is C6H12O3. The van der Waals surface area contributed by atoms with E-state index in [2.05, 4.69) is 0 Å². The molecule has 1 aliphatic heterocycles. The van der Waals surface area contributed by atoms with Crippen molar-refractivity contribution < 1.29 is 14.6 Å². The molecule has 1 unspecified atom stereocenters. The average molecular weight is 132 g/mol. The minimum atomic E-state index is -0.0833. The van der Waals surface area contributed by atoms with E-state index in [1.165, 1.54) is 0 Å². The Morgan fingerprint density at radius 1 is 1.67 bits per heavy atom. The molecule has 0 amide bonds. The summed E-state index contributed by atoms with van der Waals surface area (Å²) in [6.07, 6.45) is 2.75. The van der Waals surface area contributed by atoms with Crippen LogP contribution in [0.2, 0.25) is 0 Å². The standard InChI is InChI=1S/C5H8O2.CH4O/c6-4-5-2-1-3-7-5;1-2/h4-5H,1-3H2;2H,1H3. The van der Waals surface area contributed by atoms with E-state index in [0.29, 0.717) is 0 Å². The SMILES string of the molecule is CO.O=CC1CCCO1. The smallest absolute Gasteiger partial charge is 0.148 e. The van der Waals surface area contributed by atoms with Crippen LogP contribution in [0.4, 0.5) is 0 Å². The highest BCUT2D eigenvalue weighted by Gasteiger charge is 2.12. The van der Waals surface area contributed by atoms with E-state index < -0.39 is 0 Å². The van der Waals surface area contributed by atoms with Crippen LogP contribution in [0.15, 0.2) is 0 Å². The zero-order chi connectivity index (χ0) is 7.11. The van der Waals surface area contributed by atoms with Gasteiger partial charge in [-0.1, -0.05) is 0 Å². The lowest BCUT2D eigenvalue weighted by atomic mass is 10.3. The van der Waals surface area contributed by atoms with Gasteiger partial charge in [0.05, 0.1) is 0 Å². The maximum atomic E-state index is 9.88.